The quantitative estimate of drug-likeness (QED) is 0.405. The highest BCUT2D eigenvalue weighted by Crippen LogP contribution is 2.48. The molecule has 0 amide bonds. The predicted molar refractivity (Wildman–Crippen MR) is 97.3 cm³/mol. The molecule has 0 bridgehead atoms. The summed E-state index contributed by atoms with van der Waals surface area (Å²) in [7, 11) is 1.86. The molecule has 1 unspecified atom stereocenters. The topological polar surface area (TPSA) is 45.7 Å². The number of rotatable bonds is 6. The van der Waals surface area contributed by atoms with Gasteiger partial charge in [0.15, 0.2) is 5.96 Å². The molecule has 1 heterocycles. The first-order valence-corrected chi connectivity index (χ1v) is 8.29. The van der Waals surface area contributed by atoms with Crippen molar-refractivity contribution in [1.82, 2.24) is 10.6 Å². The summed E-state index contributed by atoms with van der Waals surface area (Å²) in [4.78, 5) is 4.35. The Morgan fingerprint density at radius 1 is 1.24 bits per heavy atom. The van der Waals surface area contributed by atoms with Gasteiger partial charge in [-0.3, -0.25) is 4.99 Å². The molecule has 1 saturated heterocycles. The molecule has 1 atom stereocenters. The highest BCUT2D eigenvalue weighted by molar-refractivity contribution is 14.0. The van der Waals surface area contributed by atoms with Gasteiger partial charge in [0.05, 0.1) is 5.60 Å². The molecule has 0 radical (unpaired) electrons. The Morgan fingerprint density at radius 3 is 2.38 bits per heavy atom. The van der Waals surface area contributed by atoms with Gasteiger partial charge in [-0.05, 0) is 63.2 Å². The minimum Gasteiger partial charge on any atom is -0.373 e. The molecule has 2 aliphatic carbocycles. The summed E-state index contributed by atoms with van der Waals surface area (Å²) in [6.45, 7) is 5.03. The van der Waals surface area contributed by atoms with Crippen LogP contribution >= 0.6 is 24.0 Å². The van der Waals surface area contributed by atoms with Crippen molar-refractivity contribution in [2.75, 3.05) is 26.7 Å². The lowest BCUT2D eigenvalue weighted by Crippen LogP contribution is -2.46. The van der Waals surface area contributed by atoms with Crippen LogP contribution in [0.25, 0.3) is 0 Å². The highest BCUT2D eigenvalue weighted by atomic mass is 127. The van der Waals surface area contributed by atoms with Gasteiger partial charge < -0.3 is 15.4 Å². The number of guanidine groups is 1. The van der Waals surface area contributed by atoms with E-state index in [0.29, 0.717) is 0 Å². The molecule has 21 heavy (non-hydrogen) atoms. The van der Waals surface area contributed by atoms with E-state index in [-0.39, 0.29) is 29.6 Å². The highest BCUT2D eigenvalue weighted by Gasteiger charge is 2.41. The third-order valence-corrected chi connectivity index (χ3v) is 5.11. The van der Waals surface area contributed by atoms with Crippen LogP contribution in [0.4, 0.5) is 0 Å². The number of aliphatic imine (C=N–C) groups is 1. The van der Waals surface area contributed by atoms with Crippen LogP contribution in [-0.4, -0.2) is 38.3 Å². The van der Waals surface area contributed by atoms with Crippen molar-refractivity contribution in [3.8, 4) is 0 Å². The number of nitrogens with zero attached hydrogens (tertiary/aromatic N) is 1. The van der Waals surface area contributed by atoms with Crippen molar-refractivity contribution in [3.63, 3.8) is 0 Å². The van der Waals surface area contributed by atoms with E-state index in [1.54, 1.807) is 0 Å². The van der Waals surface area contributed by atoms with Gasteiger partial charge in [0.1, 0.15) is 0 Å². The molecule has 0 aromatic rings. The molecule has 3 rings (SSSR count). The number of nitrogens with one attached hydrogen (secondary N) is 2. The summed E-state index contributed by atoms with van der Waals surface area (Å²) in [5.74, 6) is 3.80. The van der Waals surface area contributed by atoms with Crippen LogP contribution in [0.15, 0.2) is 4.99 Å². The average Bonchev–Trinajstić information content (AvgIpc) is 3.35. The van der Waals surface area contributed by atoms with Crippen molar-refractivity contribution in [1.29, 1.82) is 0 Å². The van der Waals surface area contributed by atoms with E-state index in [9.17, 15) is 0 Å². The van der Waals surface area contributed by atoms with E-state index >= 15 is 0 Å². The smallest absolute Gasteiger partial charge is 0.191 e. The van der Waals surface area contributed by atoms with E-state index in [4.69, 9.17) is 4.74 Å². The Bertz CT molecular complexity index is 349. The zero-order valence-corrected chi connectivity index (χ0v) is 15.7. The van der Waals surface area contributed by atoms with Crippen molar-refractivity contribution >= 4 is 29.9 Å². The fourth-order valence-corrected chi connectivity index (χ4v) is 3.45. The zero-order valence-electron chi connectivity index (χ0n) is 13.4. The molecule has 3 aliphatic rings. The number of ether oxygens (including phenoxy) is 1. The summed E-state index contributed by atoms with van der Waals surface area (Å²) in [6.07, 6.45) is 8.10. The van der Waals surface area contributed by atoms with Crippen LogP contribution in [0.3, 0.4) is 0 Å². The Kier molecular flexibility index (Phi) is 6.17. The lowest BCUT2D eigenvalue weighted by atomic mass is 9.98. The van der Waals surface area contributed by atoms with Gasteiger partial charge in [-0.1, -0.05) is 0 Å². The normalized spacial score (nSPS) is 29.4. The molecule has 4 nitrogen and oxygen atoms in total. The largest absolute Gasteiger partial charge is 0.373 e. The maximum atomic E-state index is 5.81. The first-order valence-electron chi connectivity index (χ1n) is 8.29. The first-order chi connectivity index (χ1) is 9.70. The summed E-state index contributed by atoms with van der Waals surface area (Å²) in [5.41, 5.74) is -0.00991. The molecule has 1 aliphatic heterocycles. The van der Waals surface area contributed by atoms with Crippen molar-refractivity contribution in [3.05, 3.63) is 0 Å². The lowest BCUT2D eigenvalue weighted by molar-refractivity contribution is 0.0242. The minimum absolute atomic E-state index is 0. The first kappa shape index (κ1) is 17.3. The molecule has 3 fully saturated rings. The van der Waals surface area contributed by atoms with Crippen LogP contribution in [0.2, 0.25) is 0 Å². The fourth-order valence-electron chi connectivity index (χ4n) is 3.45. The standard InChI is InChI=1S/C16H29N3O.HI/c1-16(8-3-9-20-16)11-19-15(17-2)18-10-14(12-4-5-12)13-6-7-13;/h12-14H,3-11H2,1-2H3,(H2,17,18,19);1H. The second-order valence-corrected chi connectivity index (χ2v) is 7.05. The Balaban J connectivity index is 0.00000161. The van der Waals surface area contributed by atoms with Crippen LogP contribution in [-0.2, 0) is 4.74 Å². The van der Waals surface area contributed by atoms with Gasteiger partial charge in [-0.2, -0.15) is 0 Å². The molecular weight excluding hydrogens is 377 g/mol. The minimum atomic E-state index is -0.00991. The zero-order chi connectivity index (χ0) is 14.0. The van der Waals surface area contributed by atoms with Crippen LogP contribution in [0.1, 0.15) is 45.4 Å². The predicted octanol–water partition coefficient (Wildman–Crippen LogP) is 2.77. The third-order valence-electron chi connectivity index (χ3n) is 5.11. The Labute approximate surface area is 145 Å². The molecule has 0 spiro atoms. The number of hydrogen-bond acceptors (Lipinski definition) is 2. The van der Waals surface area contributed by atoms with E-state index in [2.05, 4.69) is 22.5 Å². The monoisotopic (exact) mass is 407 g/mol. The van der Waals surface area contributed by atoms with Crippen molar-refractivity contribution in [2.24, 2.45) is 22.7 Å². The van der Waals surface area contributed by atoms with E-state index < -0.39 is 0 Å². The molecule has 5 heteroatoms. The average molecular weight is 407 g/mol. The molecule has 0 aromatic carbocycles. The van der Waals surface area contributed by atoms with Crippen LogP contribution in [0, 0.1) is 17.8 Å². The second kappa shape index (κ2) is 7.49. The SMILES string of the molecule is CN=C(NCC(C1CC1)C1CC1)NCC1(C)CCCO1.I. The number of hydrogen-bond donors (Lipinski definition) is 2. The van der Waals surface area contributed by atoms with Gasteiger partial charge in [0, 0.05) is 26.7 Å². The third kappa shape index (κ3) is 4.98. The molecular formula is C16H30IN3O. The van der Waals surface area contributed by atoms with Gasteiger partial charge >= 0.3 is 0 Å². The maximum absolute atomic E-state index is 5.81. The Hall–Kier alpha value is -0.0400. The van der Waals surface area contributed by atoms with Gasteiger partial charge in [-0.15, -0.1) is 24.0 Å². The van der Waals surface area contributed by atoms with E-state index in [1.165, 1.54) is 32.1 Å². The van der Waals surface area contributed by atoms with Crippen LogP contribution < -0.4 is 10.6 Å². The van der Waals surface area contributed by atoms with E-state index in [0.717, 1.165) is 49.8 Å². The number of halogens is 1. The molecule has 2 saturated carbocycles. The molecule has 2 N–H and O–H groups in total. The summed E-state index contributed by atoms with van der Waals surface area (Å²) < 4.78 is 5.81. The van der Waals surface area contributed by atoms with E-state index in [1.807, 2.05) is 7.05 Å². The maximum Gasteiger partial charge on any atom is 0.191 e. The van der Waals surface area contributed by atoms with Crippen LogP contribution in [0.5, 0.6) is 0 Å². The fraction of sp³-hybridized carbons (Fsp3) is 0.938. The van der Waals surface area contributed by atoms with Crippen molar-refractivity contribution in [2.45, 2.75) is 51.0 Å². The second-order valence-electron chi connectivity index (χ2n) is 7.05. The summed E-state index contributed by atoms with van der Waals surface area (Å²) >= 11 is 0. The molecule has 0 aromatic heterocycles. The van der Waals surface area contributed by atoms with Gasteiger partial charge in [0.25, 0.3) is 0 Å². The Morgan fingerprint density at radius 2 is 1.90 bits per heavy atom. The van der Waals surface area contributed by atoms with Gasteiger partial charge in [0.2, 0.25) is 0 Å². The summed E-state index contributed by atoms with van der Waals surface area (Å²) in [6, 6.07) is 0. The lowest BCUT2D eigenvalue weighted by Gasteiger charge is -2.25. The molecule has 122 valence electrons. The van der Waals surface area contributed by atoms with Crippen molar-refractivity contribution < 1.29 is 4.74 Å². The van der Waals surface area contributed by atoms with Gasteiger partial charge in [-0.25, -0.2) is 0 Å². The summed E-state index contributed by atoms with van der Waals surface area (Å²) in [5, 5.41) is 6.98.